The topological polar surface area (TPSA) is 64.0 Å². The third kappa shape index (κ3) is 4.36. The molecule has 0 aliphatic carbocycles. The molecular weight excluding hydrogens is 434 g/mol. The SMILES string of the molecule is Cc1cc(-n2c(C)nc3ccccc3c2=O)ccc1NC(=O)C(c1ccccc1)c1ccccc1. The lowest BCUT2D eigenvalue weighted by atomic mass is 9.90. The molecule has 1 N–H and O–H groups in total. The van der Waals surface area contributed by atoms with Crippen molar-refractivity contribution in [2.24, 2.45) is 0 Å². The summed E-state index contributed by atoms with van der Waals surface area (Å²) >= 11 is 0. The zero-order chi connectivity index (χ0) is 24.4. The fraction of sp³-hybridized carbons (Fsp3) is 0.100. The monoisotopic (exact) mass is 459 g/mol. The van der Waals surface area contributed by atoms with Crippen LogP contribution in [0.5, 0.6) is 0 Å². The quantitative estimate of drug-likeness (QED) is 0.363. The maximum atomic E-state index is 13.5. The van der Waals surface area contributed by atoms with Crippen LogP contribution in [0.3, 0.4) is 0 Å². The summed E-state index contributed by atoms with van der Waals surface area (Å²) in [6.07, 6.45) is 0. The minimum atomic E-state index is -0.439. The molecule has 0 radical (unpaired) electrons. The molecule has 1 heterocycles. The number of benzene rings is 4. The predicted octanol–water partition coefficient (Wildman–Crippen LogP) is 5.77. The van der Waals surface area contributed by atoms with Crippen molar-refractivity contribution < 1.29 is 4.79 Å². The van der Waals surface area contributed by atoms with Gasteiger partial charge in [0.25, 0.3) is 5.56 Å². The zero-order valence-electron chi connectivity index (χ0n) is 19.6. The summed E-state index contributed by atoms with van der Waals surface area (Å²) in [5.74, 6) is 0.0584. The number of nitrogens with zero attached hydrogens (tertiary/aromatic N) is 2. The van der Waals surface area contributed by atoms with E-state index in [1.807, 2.05) is 111 Å². The number of hydrogen-bond donors (Lipinski definition) is 1. The molecule has 5 aromatic rings. The number of rotatable bonds is 5. The molecule has 0 bridgehead atoms. The van der Waals surface area contributed by atoms with Gasteiger partial charge in [-0.2, -0.15) is 0 Å². The minimum Gasteiger partial charge on any atom is -0.325 e. The Morgan fingerprint density at radius 2 is 1.40 bits per heavy atom. The average molecular weight is 460 g/mol. The smallest absolute Gasteiger partial charge is 0.265 e. The van der Waals surface area contributed by atoms with E-state index in [1.165, 1.54) is 0 Å². The lowest BCUT2D eigenvalue weighted by Crippen LogP contribution is -2.24. The van der Waals surface area contributed by atoms with Gasteiger partial charge in [0.2, 0.25) is 5.91 Å². The summed E-state index contributed by atoms with van der Waals surface area (Å²) in [4.78, 5) is 31.3. The van der Waals surface area contributed by atoms with E-state index >= 15 is 0 Å². The van der Waals surface area contributed by atoms with Crippen molar-refractivity contribution in [3.05, 3.63) is 136 Å². The molecule has 5 nitrogen and oxygen atoms in total. The van der Waals surface area contributed by atoms with E-state index in [-0.39, 0.29) is 11.5 Å². The van der Waals surface area contributed by atoms with Gasteiger partial charge in [-0.3, -0.25) is 14.2 Å². The van der Waals surface area contributed by atoms with Crippen LogP contribution in [0.2, 0.25) is 0 Å². The first-order valence-corrected chi connectivity index (χ1v) is 11.5. The van der Waals surface area contributed by atoms with E-state index < -0.39 is 5.92 Å². The van der Waals surface area contributed by atoms with Gasteiger partial charge in [-0.25, -0.2) is 4.98 Å². The molecule has 0 spiro atoms. The molecule has 5 heteroatoms. The normalized spacial score (nSPS) is 11.1. The number of nitrogens with one attached hydrogen (secondary N) is 1. The maximum absolute atomic E-state index is 13.5. The van der Waals surface area contributed by atoms with E-state index in [9.17, 15) is 9.59 Å². The van der Waals surface area contributed by atoms with Gasteiger partial charge in [-0.1, -0.05) is 72.8 Å². The highest BCUT2D eigenvalue weighted by molar-refractivity contribution is 5.98. The molecule has 0 saturated carbocycles. The van der Waals surface area contributed by atoms with Gasteiger partial charge >= 0.3 is 0 Å². The Kier molecular flexibility index (Phi) is 5.98. The standard InChI is InChI=1S/C30H25N3O2/c1-20-19-24(33-21(2)31-27-16-10-9-15-25(27)30(33)35)17-18-26(20)32-29(34)28(22-11-5-3-6-12-22)23-13-7-4-8-14-23/h3-19,28H,1-2H3,(H,32,34). The highest BCUT2D eigenvalue weighted by atomic mass is 16.2. The number of fused-ring (bicyclic) bond motifs is 1. The molecule has 0 unspecified atom stereocenters. The lowest BCUT2D eigenvalue weighted by molar-refractivity contribution is -0.116. The van der Waals surface area contributed by atoms with Gasteiger partial charge < -0.3 is 5.32 Å². The van der Waals surface area contributed by atoms with Crippen LogP contribution in [0.25, 0.3) is 16.6 Å². The molecule has 0 aliphatic rings. The summed E-state index contributed by atoms with van der Waals surface area (Å²) in [6.45, 7) is 3.75. The Morgan fingerprint density at radius 3 is 2.03 bits per heavy atom. The summed E-state index contributed by atoms with van der Waals surface area (Å²) in [5.41, 5.74) is 4.69. The number of amides is 1. The lowest BCUT2D eigenvalue weighted by Gasteiger charge is -2.19. The van der Waals surface area contributed by atoms with Crippen LogP contribution in [0, 0.1) is 13.8 Å². The summed E-state index contributed by atoms with van der Waals surface area (Å²) in [6, 6.07) is 32.4. The molecule has 35 heavy (non-hydrogen) atoms. The van der Waals surface area contributed by atoms with Crippen molar-refractivity contribution in [3.8, 4) is 5.69 Å². The first kappa shape index (κ1) is 22.3. The fourth-order valence-corrected chi connectivity index (χ4v) is 4.47. The van der Waals surface area contributed by atoms with Crippen LogP contribution < -0.4 is 10.9 Å². The van der Waals surface area contributed by atoms with E-state index in [4.69, 9.17) is 0 Å². The number of para-hydroxylation sites is 1. The summed E-state index contributed by atoms with van der Waals surface area (Å²) in [5, 5.41) is 3.67. The molecule has 0 saturated heterocycles. The van der Waals surface area contributed by atoms with Gasteiger partial charge in [-0.05, 0) is 60.9 Å². The van der Waals surface area contributed by atoms with Crippen LogP contribution >= 0.6 is 0 Å². The van der Waals surface area contributed by atoms with Gasteiger partial charge in [0.15, 0.2) is 0 Å². The Bertz CT molecular complexity index is 1540. The van der Waals surface area contributed by atoms with Crippen molar-refractivity contribution >= 4 is 22.5 Å². The van der Waals surface area contributed by atoms with Gasteiger partial charge in [-0.15, -0.1) is 0 Å². The fourth-order valence-electron chi connectivity index (χ4n) is 4.47. The predicted molar refractivity (Wildman–Crippen MR) is 140 cm³/mol. The van der Waals surface area contributed by atoms with Crippen LogP contribution in [-0.4, -0.2) is 15.5 Å². The van der Waals surface area contributed by atoms with Gasteiger partial charge in [0, 0.05) is 5.69 Å². The van der Waals surface area contributed by atoms with E-state index in [0.29, 0.717) is 28.1 Å². The third-order valence-electron chi connectivity index (χ3n) is 6.20. The molecule has 0 atom stereocenters. The Morgan fingerprint density at radius 1 is 0.800 bits per heavy atom. The second kappa shape index (κ2) is 9.39. The molecule has 0 aliphatic heterocycles. The number of aryl methyl sites for hydroxylation is 2. The van der Waals surface area contributed by atoms with E-state index in [1.54, 1.807) is 10.6 Å². The maximum Gasteiger partial charge on any atom is 0.265 e. The van der Waals surface area contributed by atoms with Crippen molar-refractivity contribution in [3.63, 3.8) is 0 Å². The minimum absolute atomic E-state index is 0.112. The second-order valence-electron chi connectivity index (χ2n) is 8.56. The molecule has 1 aromatic heterocycles. The van der Waals surface area contributed by atoms with Gasteiger partial charge in [0.1, 0.15) is 5.82 Å². The highest BCUT2D eigenvalue weighted by Crippen LogP contribution is 2.28. The van der Waals surface area contributed by atoms with Crippen LogP contribution in [-0.2, 0) is 4.79 Å². The van der Waals surface area contributed by atoms with Crippen LogP contribution in [0.4, 0.5) is 5.69 Å². The van der Waals surface area contributed by atoms with Crippen LogP contribution in [0.15, 0.2) is 108 Å². The first-order chi connectivity index (χ1) is 17.0. The second-order valence-corrected chi connectivity index (χ2v) is 8.56. The molecular formula is C30H25N3O2. The largest absolute Gasteiger partial charge is 0.325 e. The summed E-state index contributed by atoms with van der Waals surface area (Å²) < 4.78 is 1.61. The number of carbonyl (C=O) groups excluding carboxylic acids is 1. The van der Waals surface area contributed by atoms with Crippen LogP contribution in [0.1, 0.15) is 28.4 Å². The molecule has 0 fully saturated rings. The summed E-state index contributed by atoms with van der Waals surface area (Å²) in [7, 11) is 0. The molecule has 5 rings (SSSR count). The first-order valence-electron chi connectivity index (χ1n) is 11.5. The van der Waals surface area contributed by atoms with Crippen molar-refractivity contribution in [2.75, 3.05) is 5.32 Å². The third-order valence-corrected chi connectivity index (χ3v) is 6.20. The van der Waals surface area contributed by atoms with Gasteiger partial charge in [0.05, 0.1) is 22.5 Å². The molecule has 4 aromatic carbocycles. The van der Waals surface area contributed by atoms with E-state index in [0.717, 1.165) is 16.7 Å². The number of hydrogen-bond acceptors (Lipinski definition) is 3. The van der Waals surface area contributed by atoms with Crippen molar-refractivity contribution in [1.82, 2.24) is 9.55 Å². The molecule has 1 amide bonds. The highest BCUT2D eigenvalue weighted by Gasteiger charge is 2.23. The number of aromatic nitrogens is 2. The molecule has 172 valence electrons. The average Bonchev–Trinajstić information content (AvgIpc) is 2.87. The van der Waals surface area contributed by atoms with Crippen molar-refractivity contribution in [1.29, 1.82) is 0 Å². The van der Waals surface area contributed by atoms with E-state index in [2.05, 4.69) is 10.3 Å². The number of carbonyl (C=O) groups is 1. The Balaban J connectivity index is 1.49. The zero-order valence-corrected chi connectivity index (χ0v) is 19.6. The Hall–Kier alpha value is -4.51. The number of anilines is 1. The Labute approximate surface area is 203 Å². The van der Waals surface area contributed by atoms with Crippen molar-refractivity contribution in [2.45, 2.75) is 19.8 Å².